The van der Waals surface area contributed by atoms with Crippen molar-refractivity contribution in [2.75, 3.05) is 12.4 Å². The number of fused-ring (bicyclic) bond motifs is 1. The summed E-state index contributed by atoms with van der Waals surface area (Å²) in [5.74, 6) is -1.56. The molecule has 1 N–H and O–H groups in total. The summed E-state index contributed by atoms with van der Waals surface area (Å²) in [7, 11) is 0. The molecule has 2 amide bonds. The number of alkyl halides is 1. The SMILES string of the molecule is Cc1nn(-c2ncccn2)cc1C(=O)N1C[C@@H]2CC1[C@H]2Oc1cc(C(C)(C)NC(=O)CCl)c(F)c(-c2ccc(F)cc2)n1. The van der Waals surface area contributed by atoms with Gasteiger partial charge < -0.3 is 15.0 Å². The van der Waals surface area contributed by atoms with Crippen LogP contribution in [-0.2, 0) is 10.3 Å². The molecule has 3 aliphatic rings. The lowest BCUT2D eigenvalue weighted by atomic mass is 9.82. The Balaban J connectivity index is 1.28. The van der Waals surface area contributed by atoms with E-state index in [0.29, 0.717) is 29.3 Å². The molecular weight excluding hydrogens is 580 g/mol. The zero-order valence-electron chi connectivity index (χ0n) is 23.6. The zero-order chi connectivity index (χ0) is 30.5. The number of hydrogen-bond acceptors (Lipinski definition) is 7. The molecule has 4 aromatic rings. The molecule has 3 atom stereocenters. The first kappa shape index (κ1) is 28.7. The van der Waals surface area contributed by atoms with Gasteiger partial charge in [0.1, 0.15) is 23.5 Å². The Morgan fingerprint density at radius 3 is 2.58 bits per heavy atom. The Labute approximate surface area is 251 Å². The molecule has 10 nitrogen and oxygen atoms in total. The quantitative estimate of drug-likeness (QED) is 0.299. The van der Waals surface area contributed by atoms with Gasteiger partial charge in [-0.2, -0.15) is 5.10 Å². The number of ether oxygens (including phenoxy) is 1. The molecule has 222 valence electrons. The first-order valence-corrected chi connectivity index (χ1v) is 14.2. The Bertz CT molecular complexity index is 1700. The molecule has 43 heavy (non-hydrogen) atoms. The van der Waals surface area contributed by atoms with Gasteiger partial charge in [0.25, 0.3) is 5.91 Å². The van der Waals surface area contributed by atoms with Crippen LogP contribution in [0.1, 0.15) is 41.9 Å². The van der Waals surface area contributed by atoms with E-state index in [4.69, 9.17) is 16.3 Å². The van der Waals surface area contributed by atoms with E-state index in [9.17, 15) is 14.0 Å². The van der Waals surface area contributed by atoms with Crippen LogP contribution in [0.5, 0.6) is 5.88 Å². The summed E-state index contributed by atoms with van der Waals surface area (Å²) in [5, 5.41) is 7.14. The van der Waals surface area contributed by atoms with Crippen molar-refractivity contribution >= 4 is 23.4 Å². The largest absolute Gasteiger partial charge is 0.472 e. The van der Waals surface area contributed by atoms with Crippen molar-refractivity contribution in [1.29, 1.82) is 0 Å². The standard InChI is InChI=1S/C30H28ClF2N7O3/c1-16-20(15-40(38-16)29-34-9-4-10-35-29)28(42)39-14-18-11-22(39)27(18)43-24-12-21(30(2,3)37-23(41)13-31)25(33)26(36-24)17-5-7-19(32)8-6-17/h4-10,12,15,18,22,27H,11,13-14H2,1-3H3,(H,37,41)/t18-,22?,27-/m0/s1. The van der Waals surface area contributed by atoms with Crippen LogP contribution in [0.25, 0.3) is 17.2 Å². The van der Waals surface area contributed by atoms with Crippen molar-refractivity contribution in [2.24, 2.45) is 5.92 Å². The molecule has 13 heteroatoms. The van der Waals surface area contributed by atoms with E-state index < -0.39 is 23.1 Å². The van der Waals surface area contributed by atoms with Crippen molar-refractivity contribution in [3.8, 4) is 23.1 Å². The molecule has 2 aliphatic heterocycles. The maximum absolute atomic E-state index is 15.9. The summed E-state index contributed by atoms with van der Waals surface area (Å²) in [6, 6.07) is 8.21. The van der Waals surface area contributed by atoms with E-state index in [1.807, 2.05) is 0 Å². The number of aromatic nitrogens is 5. The number of pyridine rings is 1. The van der Waals surface area contributed by atoms with Gasteiger partial charge in [0.05, 0.1) is 22.8 Å². The highest BCUT2D eigenvalue weighted by Gasteiger charge is 2.56. The molecule has 0 spiro atoms. The second kappa shape index (κ2) is 11.0. The number of nitrogens with zero attached hydrogens (tertiary/aromatic N) is 6. The molecule has 0 radical (unpaired) electrons. The average Bonchev–Trinajstić information content (AvgIpc) is 3.70. The van der Waals surface area contributed by atoms with Crippen LogP contribution in [0.15, 0.2) is 55.0 Å². The predicted molar refractivity (Wildman–Crippen MR) is 153 cm³/mol. The number of hydrogen-bond donors (Lipinski definition) is 1. The van der Waals surface area contributed by atoms with Crippen LogP contribution in [0.4, 0.5) is 8.78 Å². The van der Waals surface area contributed by atoms with Gasteiger partial charge in [-0.15, -0.1) is 11.6 Å². The van der Waals surface area contributed by atoms with Crippen molar-refractivity contribution in [3.05, 3.63) is 83.4 Å². The van der Waals surface area contributed by atoms with Crippen LogP contribution in [0.3, 0.4) is 0 Å². The number of carbonyl (C=O) groups is 2. The Kier molecular flexibility index (Phi) is 7.33. The second-order valence-electron chi connectivity index (χ2n) is 11.2. The first-order valence-electron chi connectivity index (χ1n) is 13.7. The highest BCUT2D eigenvalue weighted by Crippen LogP contribution is 2.45. The maximum atomic E-state index is 15.9. The number of benzene rings is 1. The predicted octanol–water partition coefficient (Wildman–Crippen LogP) is 4.19. The van der Waals surface area contributed by atoms with E-state index in [2.05, 4.69) is 25.4 Å². The number of amides is 2. The van der Waals surface area contributed by atoms with Gasteiger partial charge in [0.15, 0.2) is 5.82 Å². The Morgan fingerprint density at radius 2 is 1.88 bits per heavy atom. The summed E-state index contributed by atoms with van der Waals surface area (Å²) in [4.78, 5) is 40.3. The zero-order valence-corrected chi connectivity index (χ0v) is 24.3. The normalized spacial score (nSPS) is 19.2. The number of carbonyl (C=O) groups excluding carboxylic acids is 2. The lowest BCUT2D eigenvalue weighted by molar-refractivity contribution is -0.120. The fourth-order valence-corrected chi connectivity index (χ4v) is 5.79. The van der Waals surface area contributed by atoms with Crippen LogP contribution in [0, 0.1) is 24.5 Å². The van der Waals surface area contributed by atoms with Gasteiger partial charge >= 0.3 is 0 Å². The molecule has 1 aromatic carbocycles. The maximum Gasteiger partial charge on any atom is 0.257 e. The van der Waals surface area contributed by atoms with Gasteiger partial charge in [0, 0.05) is 48.2 Å². The van der Waals surface area contributed by atoms with Crippen LogP contribution < -0.4 is 10.1 Å². The third-order valence-corrected chi connectivity index (χ3v) is 8.16. The highest BCUT2D eigenvalue weighted by molar-refractivity contribution is 6.27. The summed E-state index contributed by atoms with van der Waals surface area (Å²) >= 11 is 5.70. The fourth-order valence-electron chi connectivity index (χ4n) is 5.72. The summed E-state index contributed by atoms with van der Waals surface area (Å²) in [6.45, 7) is 5.53. The smallest absolute Gasteiger partial charge is 0.257 e. The minimum atomic E-state index is -1.17. The molecule has 2 bridgehead atoms. The van der Waals surface area contributed by atoms with Crippen molar-refractivity contribution in [2.45, 2.75) is 44.9 Å². The molecule has 2 saturated heterocycles. The van der Waals surface area contributed by atoms with Crippen molar-refractivity contribution in [1.82, 2.24) is 34.9 Å². The lowest BCUT2D eigenvalue weighted by Crippen LogP contribution is -2.49. The van der Waals surface area contributed by atoms with Crippen molar-refractivity contribution in [3.63, 3.8) is 0 Å². The average molecular weight is 608 g/mol. The van der Waals surface area contributed by atoms with E-state index in [1.165, 1.54) is 35.0 Å². The lowest BCUT2D eigenvalue weighted by Gasteiger charge is -2.36. The Hall–Kier alpha value is -4.45. The monoisotopic (exact) mass is 607 g/mol. The van der Waals surface area contributed by atoms with Gasteiger partial charge in [-0.25, -0.2) is 28.4 Å². The second-order valence-corrected chi connectivity index (χ2v) is 11.5. The minimum absolute atomic E-state index is 0.0496. The highest BCUT2D eigenvalue weighted by atomic mass is 35.5. The van der Waals surface area contributed by atoms with Gasteiger partial charge in [-0.3, -0.25) is 9.59 Å². The van der Waals surface area contributed by atoms with E-state index in [1.54, 1.807) is 50.3 Å². The van der Waals surface area contributed by atoms with Crippen molar-refractivity contribution < 1.29 is 23.1 Å². The molecular formula is C30H28ClF2N7O3. The summed E-state index contributed by atoms with van der Waals surface area (Å²) < 4.78 is 37.4. The molecule has 3 aromatic heterocycles. The number of aryl methyl sites for hydroxylation is 1. The third-order valence-electron chi connectivity index (χ3n) is 7.92. The topological polar surface area (TPSA) is 115 Å². The summed E-state index contributed by atoms with van der Waals surface area (Å²) in [6.07, 6.45) is 5.20. The van der Waals surface area contributed by atoms with E-state index in [0.717, 1.165) is 6.42 Å². The molecule has 1 aliphatic carbocycles. The number of rotatable bonds is 8. The van der Waals surface area contributed by atoms with E-state index >= 15 is 4.39 Å². The summed E-state index contributed by atoms with van der Waals surface area (Å²) in [5.41, 5.74) is 0.235. The first-order chi connectivity index (χ1) is 20.6. The molecule has 1 saturated carbocycles. The molecule has 5 heterocycles. The third kappa shape index (κ3) is 5.31. The molecule has 3 fully saturated rings. The van der Waals surface area contributed by atoms with Crippen LogP contribution in [0.2, 0.25) is 0 Å². The minimum Gasteiger partial charge on any atom is -0.472 e. The Morgan fingerprint density at radius 1 is 1.16 bits per heavy atom. The van der Waals surface area contributed by atoms with Gasteiger partial charge in [-0.05, 0) is 57.5 Å². The van der Waals surface area contributed by atoms with Gasteiger partial charge in [0.2, 0.25) is 17.7 Å². The fraction of sp³-hybridized carbons (Fsp3) is 0.333. The van der Waals surface area contributed by atoms with Crippen LogP contribution >= 0.6 is 11.6 Å². The number of halogens is 3. The van der Waals surface area contributed by atoms with Gasteiger partial charge in [-0.1, -0.05) is 0 Å². The van der Waals surface area contributed by atoms with E-state index in [-0.39, 0.29) is 47.0 Å². The van der Waals surface area contributed by atoms with Crippen LogP contribution in [-0.4, -0.2) is 66.0 Å². The number of nitrogens with one attached hydrogen (secondary N) is 1. The molecule has 7 rings (SSSR count). The molecule has 1 unspecified atom stereocenters.